The Balaban J connectivity index is 2.68. The molecule has 3 N–H and O–H groups in total. The van der Waals surface area contributed by atoms with Crippen molar-refractivity contribution in [2.75, 3.05) is 13.6 Å². The largest absolute Gasteiger partial charge is 0.323 e. The van der Waals surface area contributed by atoms with Gasteiger partial charge in [0.1, 0.15) is 0 Å². The average Bonchev–Trinajstić information content (AvgIpc) is 2.65. The number of nitrogens with two attached hydrogens (primary N) is 1. The van der Waals surface area contributed by atoms with Crippen LogP contribution in [0.25, 0.3) is 0 Å². The highest BCUT2D eigenvalue weighted by atomic mass is 32.1. The lowest BCUT2D eigenvalue weighted by Crippen LogP contribution is -2.32. The fourth-order valence-electron chi connectivity index (χ4n) is 1.70. The second-order valence-electron chi connectivity index (χ2n) is 4.01. The highest BCUT2D eigenvalue weighted by Crippen LogP contribution is 2.28. The fourth-order valence-corrected chi connectivity index (χ4v) is 2.51. The number of hydrogen-bond donors (Lipinski definition) is 2. The average molecular weight is 212 g/mol. The van der Waals surface area contributed by atoms with Crippen LogP contribution in [0, 0.1) is 11.8 Å². The van der Waals surface area contributed by atoms with E-state index in [0.717, 1.165) is 6.54 Å². The Kier molecular flexibility index (Phi) is 4.58. The van der Waals surface area contributed by atoms with Crippen molar-refractivity contribution in [1.29, 1.82) is 0 Å². The molecule has 0 saturated carbocycles. The van der Waals surface area contributed by atoms with E-state index in [-0.39, 0.29) is 6.04 Å². The Morgan fingerprint density at radius 1 is 1.50 bits per heavy atom. The first kappa shape index (κ1) is 11.7. The van der Waals surface area contributed by atoms with Gasteiger partial charge in [-0.3, -0.25) is 0 Å². The molecule has 0 fully saturated rings. The van der Waals surface area contributed by atoms with Crippen LogP contribution in [0.15, 0.2) is 17.5 Å². The van der Waals surface area contributed by atoms with Crippen LogP contribution in [0.1, 0.15) is 24.8 Å². The molecule has 2 atom stereocenters. The lowest BCUT2D eigenvalue weighted by atomic mass is 9.88. The Hall–Kier alpha value is -0.380. The molecule has 0 spiro atoms. The quantitative estimate of drug-likeness (QED) is 0.785. The maximum atomic E-state index is 6.24. The lowest BCUT2D eigenvalue weighted by Gasteiger charge is -2.26. The molecule has 0 saturated heterocycles. The zero-order valence-electron chi connectivity index (χ0n) is 9.16. The minimum absolute atomic E-state index is 0.169. The molecule has 0 amide bonds. The SMILES string of the molecule is CNCC(C(C)C)C(N)c1cccs1. The van der Waals surface area contributed by atoms with Gasteiger partial charge >= 0.3 is 0 Å². The van der Waals surface area contributed by atoms with E-state index in [4.69, 9.17) is 5.73 Å². The van der Waals surface area contributed by atoms with Crippen molar-refractivity contribution in [1.82, 2.24) is 5.32 Å². The van der Waals surface area contributed by atoms with Crippen molar-refractivity contribution >= 4 is 11.3 Å². The van der Waals surface area contributed by atoms with Gasteiger partial charge in [-0.15, -0.1) is 11.3 Å². The van der Waals surface area contributed by atoms with Gasteiger partial charge in [0.2, 0.25) is 0 Å². The molecule has 1 rings (SSSR count). The minimum atomic E-state index is 0.169. The number of thiophene rings is 1. The van der Waals surface area contributed by atoms with Gasteiger partial charge in [-0.2, -0.15) is 0 Å². The summed E-state index contributed by atoms with van der Waals surface area (Å²) in [5, 5.41) is 5.31. The van der Waals surface area contributed by atoms with E-state index in [0.29, 0.717) is 11.8 Å². The molecule has 0 aliphatic heterocycles. The molecule has 0 aliphatic carbocycles. The Bertz CT molecular complexity index is 244. The van der Waals surface area contributed by atoms with Crippen LogP contribution in [0.5, 0.6) is 0 Å². The van der Waals surface area contributed by atoms with E-state index >= 15 is 0 Å². The summed E-state index contributed by atoms with van der Waals surface area (Å²) in [5.41, 5.74) is 6.24. The third kappa shape index (κ3) is 2.80. The van der Waals surface area contributed by atoms with Crippen molar-refractivity contribution < 1.29 is 0 Å². The standard InChI is InChI=1S/C11H20N2S/c1-8(2)9(7-13-3)11(12)10-5-4-6-14-10/h4-6,8-9,11,13H,7,12H2,1-3H3. The molecule has 1 aromatic heterocycles. The second-order valence-corrected chi connectivity index (χ2v) is 4.99. The Morgan fingerprint density at radius 3 is 2.64 bits per heavy atom. The van der Waals surface area contributed by atoms with E-state index in [1.54, 1.807) is 11.3 Å². The first-order chi connectivity index (χ1) is 6.66. The van der Waals surface area contributed by atoms with Gasteiger partial charge in [0.25, 0.3) is 0 Å². The molecule has 0 aromatic carbocycles. The van der Waals surface area contributed by atoms with Crippen molar-refractivity contribution in [3.05, 3.63) is 22.4 Å². The maximum Gasteiger partial charge on any atom is 0.0433 e. The van der Waals surface area contributed by atoms with Gasteiger partial charge < -0.3 is 11.1 Å². The van der Waals surface area contributed by atoms with Crippen molar-refractivity contribution in [2.45, 2.75) is 19.9 Å². The van der Waals surface area contributed by atoms with Crippen LogP contribution < -0.4 is 11.1 Å². The molecule has 0 bridgehead atoms. The summed E-state index contributed by atoms with van der Waals surface area (Å²) in [6, 6.07) is 4.36. The van der Waals surface area contributed by atoms with Crippen LogP contribution in [0.2, 0.25) is 0 Å². The van der Waals surface area contributed by atoms with Gasteiger partial charge in [0, 0.05) is 10.9 Å². The predicted octanol–water partition coefficient (Wildman–Crippen LogP) is 2.24. The molecule has 80 valence electrons. The van der Waals surface area contributed by atoms with Gasteiger partial charge in [-0.1, -0.05) is 19.9 Å². The van der Waals surface area contributed by atoms with Crippen molar-refractivity contribution in [2.24, 2.45) is 17.6 Å². The van der Waals surface area contributed by atoms with Crippen LogP contribution >= 0.6 is 11.3 Å². The number of rotatable bonds is 5. The normalized spacial score (nSPS) is 15.8. The van der Waals surface area contributed by atoms with Crippen LogP contribution in [-0.2, 0) is 0 Å². The highest BCUT2D eigenvalue weighted by Gasteiger charge is 2.22. The monoisotopic (exact) mass is 212 g/mol. The topological polar surface area (TPSA) is 38.0 Å². The van der Waals surface area contributed by atoms with E-state index in [9.17, 15) is 0 Å². The molecule has 0 aliphatic rings. The third-order valence-corrected chi connectivity index (χ3v) is 3.60. The minimum Gasteiger partial charge on any atom is -0.323 e. The second kappa shape index (κ2) is 5.49. The Morgan fingerprint density at radius 2 is 2.21 bits per heavy atom. The smallest absolute Gasteiger partial charge is 0.0433 e. The highest BCUT2D eigenvalue weighted by molar-refractivity contribution is 7.10. The van der Waals surface area contributed by atoms with Gasteiger partial charge in [0.15, 0.2) is 0 Å². The summed E-state index contributed by atoms with van der Waals surface area (Å²) in [6.07, 6.45) is 0. The summed E-state index contributed by atoms with van der Waals surface area (Å²) in [4.78, 5) is 1.29. The maximum absolute atomic E-state index is 6.24. The third-order valence-electron chi connectivity index (χ3n) is 2.63. The van der Waals surface area contributed by atoms with E-state index < -0.39 is 0 Å². The molecule has 2 nitrogen and oxygen atoms in total. The van der Waals surface area contributed by atoms with Crippen molar-refractivity contribution in [3.63, 3.8) is 0 Å². The molecule has 0 radical (unpaired) electrons. The first-order valence-electron chi connectivity index (χ1n) is 5.10. The number of hydrogen-bond acceptors (Lipinski definition) is 3. The zero-order valence-corrected chi connectivity index (χ0v) is 9.97. The first-order valence-corrected chi connectivity index (χ1v) is 5.98. The lowest BCUT2D eigenvalue weighted by molar-refractivity contribution is 0.317. The summed E-state index contributed by atoms with van der Waals surface area (Å²) in [5.74, 6) is 1.12. The van der Waals surface area contributed by atoms with E-state index in [1.807, 2.05) is 7.05 Å². The molecule has 1 heterocycles. The predicted molar refractivity (Wildman–Crippen MR) is 63.5 cm³/mol. The van der Waals surface area contributed by atoms with Gasteiger partial charge in [-0.05, 0) is 36.9 Å². The zero-order chi connectivity index (χ0) is 10.6. The van der Waals surface area contributed by atoms with E-state index in [1.165, 1.54) is 4.88 Å². The van der Waals surface area contributed by atoms with Crippen molar-refractivity contribution in [3.8, 4) is 0 Å². The van der Waals surface area contributed by atoms with E-state index in [2.05, 4.69) is 36.7 Å². The summed E-state index contributed by atoms with van der Waals surface area (Å²) < 4.78 is 0. The van der Waals surface area contributed by atoms with Gasteiger partial charge in [-0.25, -0.2) is 0 Å². The molecule has 14 heavy (non-hydrogen) atoms. The van der Waals surface area contributed by atoms with Gasteiger partial charge in [0.05, 0.1) is 0 Å². The molecule has 1 aromatic rings. The molecule has 2 unspecified atom stereocenters. The molecular formula is C11H20N2S. The molecule has 3 heteroatoms. The number of nitrogens with one attached hydrogen (secondary N) is 1. The van der Waals surface area contributed by atoms with Crippen LogP contribution in [-0.4, -0.2) is 13.6 Å². The Labute approximate surface area is 90.5 Å². The summed E-state index contributed by atoms with van der Waals surface area (Å²) in [6.45, 7) is 5.45. The summed E-state index contributed by atoms with van der Waals surface area (Å²) >= 11 is 1.75. The fraction of sp³-hybridized carbons (Fsp3) is 0.636. The molecular weight excluding hydrogens is 192 g/mol. The van der Waals surface area contributed by atoms with Crippen LogP contribution in [0.3, 0.4) is 0 Å². The van der Waals surface area contributed by atoms with Crippen LogP contribution in [0.4, 0.5) is 0 Å². The summed E-state index contributed by atoms with van der Waals surface area (Å²) in [7, 11) is 1.98.